The molecule has 1 aliphatic heterocycles. The van der Waals surface area contributed by atoms with Crippen LogP contribution in [0.4, 0.5) is 5.69 Å². The molecule has 0 spiro atoms. The minimum absolute atomic E-state index is 0. The van der Waals surface area contributed by atoms with Crippen molar-refractivity contribution in [3.63, 3.8) is 0 Å². The first-order valence-electron chi connectivity index (χ1n) is 9.52. The van der Waals surface area contributed by atoms with Gasteiger partial charge in [0.1, 0.15) is 6.10 Å². The van der Waals surface area contributed by atoms with E-state index in [9.17, 15) is 4.79 Å². The first kappa shape index (κ1) is 24.6. The van der Waals surface area contributed by atoms with Crippen molar-refractivity contribution in [3.8, 4) is 0 Å². The van der Waals surface area contributed by atoms with Crippen LogP contribution in [0.3, 0.4) is 0 Å². The van der Waals surface area contributed by atoms with Gasteiger partial charge in [0.2, 0.25) is 0 Å². The molecule has 0 bridgehead atoms. The van der Waals surface area contributed by atoms with E-state index in [1.165, 1.54) is 0 Å². The summed E-state index contributed by atoms with van der Waals surface area (Å²) in [5.74, 6) is 0.654. The second-order valence-corrected chi connectivity index (χ2v) is 7.20. The average molecular weight is 504 g/mol. The van der Waals surface area contributed by atoms with Crippen LogP contribution in [0.5, 0.6) is 0 Å². The summed E-state index contributed by atoms with van der Waals surface area (Å²) >= 11 is 0. The van der Waals surface area contributed by atoms with Gasteiger partial charge in [0, 0.05) is 32.5 Å². The number of methoxy groups -OCH3 is 1. The van der Waals surface area contributed by atoms with Crippen molar-refractivity contribution in [2.24, 2.45) is 4.99 Å². The van der Waals surface area contributed by atoms with Gasteiger partial charge in [-0.25, -0.2) is 4.99 Å². The van der Waals surface area contributed by atoms with E-state index in [1.807, 2.05) is 45.0 Å². The summed E-state index contributed by atoms with van der Waals surface area (Å²) in [6.45, 7) is 8.65. The van der Waals surface area contributed by atoms with Gasteiger partial charge in [0.05, 0.1) is 12.1 Å². The number of anilines is 1. The Morgan fingerprint density at radius 2 is 2.14 bits per heavy atom. The zero-order valence-electron chi connectivity index (χ0n) is 17.2. The standard InChI is InChI=1S/C20H32N4O3.HI/c1-5-21-19(23-14-20(2,3)26-4)22-13-15-8-6-9-16(12-15)24-18(25)17-10-7-11-27-17;/h6,8-9,12,17H,5,7,10-11,13-14H2,1-4H3,(H,24,25)(H2,21,22,23);1H. The number of carbonyl (C=O) groups excluding carboxylic acids is 1. The molecule has 1 aromatic carbocycles. The van der Waals surface area contributed by atoms with Crippen LogP contribution in [0.1, 0.15) is 39.2 Å². The Labute approximate surface area is 185 Å². The number of ether oxygens (including phenoxy) is 2. The largest absolute Gasteiger partial charge is 0.377 e. The molecule has 1 aliphatic rings. The minimum Gasteiger partial charge on any atom is -0.377 e. The lowest BCUT2D eigenvalue weighted by atomic mass is 10.1. The van der Waals surface area contributed by atoms with E-state index in [2.05, 4.69) is 20.9 Å². The minimum atomic E-state index is -0.333. The number of hydrogen-bond acceptors (Lipinski definition) is 4. The van der Waals surface area contributed by atoms with Crippen LogP contribution in [0.15, 0.2) is 29.3 Å². The number of guanidine groups is 1. The zero-order valence-corrected chi connectivity index (χ0v) is 19.5. The second kappa shape index (κ2) is 12.2. The van der Waals surface area contributed by atoms with Gasteiger partial charge in [0.25, 0.3) is 5.91 Å². The summed E-state index contributed by atoms with van der Waals surface area (Å²) < 4.78 is 10.9. The number of nitrogens with one attached hydrogen (secondary N) is 3. The van der Waals surface area contributed by atoms with Crippen molar-refractivity contribution in [3.05, 3.63) is 29.8 Å². The molecule has 0 radical (unpaired) electrons. The lowest BCUT2D eigenvalue weighted by molar-refractivity contribution is -0.124. The first-order valence-corrected chi connectivity index (χ1v) is 9.52. The highest BCUT2D eigenvalue weighted by Crippen LogP contribution is 2.16. The molecule has 1 unspecified atom stereocenters. The molecular formula is C20H33IN4O3. The highest BCUT2D eigenvalue weighted by Gasteiger charge is 2.23. The summed E-state index contributed by atoms with van der Waals surface area (Å²) in [7, 11) is 1.70. The predicted molar refractivity (Wildman–Crippen MR) is 123 cm³/mol. The molecule has 0 saturated carbocycles. The lowest BCUT2D eigenvalue weighted by Gasteiger charge is -2.24. The maximum atomic E-state index is 12.2. The van der Waals surface area contributed by atoms with Crippen LogP contribution in [-0.2, 0) is 20.8 Å². The molecule has 0 aliphatic carbocycles. The van der Waals surface area contributed by atoms with Gasteiger partial charge < -0.3 is 25.4 Å². The number of halogens is 1. The summed E-state index contributed by atoms with van der Waals surface area (Å²) in [5, 5.41) is 9.45. The Morgan fingerprint density at radius 1 is 1.36 bits per heavy atom. The van der Waals surface area contributed by atoms with Gasteiger partial charge in [-0.2, -0.15) is 0 Å². The monoisotopic (exact) mass is 504 g/mol. The van der Waals surface area contributed by atoms with Crippen molar-refractivity contribution in [1.29, 1.82) is 0 Å². The van der Waals surface area contributed by atoms with Crippen LogP contribution >= 0.6 is 24.0 Å². The number of benzene rings is 1. The number of aliphatic imine (C=N–C) groups is 1. The third-order valence-electron chi connectivity index (χ3n) is 4.41. The molecule has 1 heterocycles. The van der Waals surface area contributed by atoms with Gasteiger partial charge in [-0.15, -0.1) is 24.0 Å². The first-order chi connectivity index (χ1) is 12.9. The van der Waals surface area contributed by atoms with Crippen molar-refractivity contribution < 1.29 is 14.3 Å². The van der Waals surface area contributed by atoms with Crippen molar-refractivity contribution in [2.45, 2.75) is 51.9 Å². The smallest absolute Gasteiger partial charge is 0.253 e. The highest BCUT2D eigenvalue weighted by molar-refractivity contribution is 14.0. The Morgan fingerprint density at radius 3 is 2.79 bits per heavy atom. The number of hydrogen-bond donors (Lipinski definition) is 3. The SMILES string of the molecule is CCNC(=NCc1cccc(NC(=O)C2CCCO2)c1)NCC(C)(C)OC.I. The Hall–Kier alpha value is -1.39. The van der Waals surface area contributed by atoms with E-state index >= 15 is 0 Å². The maximum absolute atomic E-state index is 12.2. The zero-order chi connectivity index (χ0) is 19.7. The molecule has 1 amide bonds. The molecular weight excluding hydrogens is 471 g/mol. The van der Waals surface area contributed by atoms with E-state index in [1.54, 1.807) is 7.11 Å². The summed E-state index contributed by atoms with van der Waals surface area (Å²) in [5.41, 5.74) is 1.51. The Balaban J connectivity index is 0.00000392. The maximum Gasteiger partial charge on any atom is 0.253 e. The molecule has 0 aromatic heterocycles. The van der Waals surface area contributed by atoms with E-state index in [0.717, 1.165) is 36.6 Å². The fourth-order valence-electron chi connectivity index (χ4n) is 2.64. The van der Waals surface area contributed by atoms with Crippen molar-refractivity contribution >= 4 is 41.5 Å². The molecule has 8 heteroatoms. The molecule has 7 nitrogen and oxygen atoms in total. The van der Waals surface area contributed by atoms with Crippen LogP contribution in [0, 0.1) is 0 Å². The Kier molecular flexibility index (Phi) is 10.8. The van der Waals surface area contributed by atoms with Gasteiger partial charge in [0.15, 0.2) is 5.96 Å². The molecule has 158 valence electrons. The molecule has 3 N–H and O–H groups in total. The number of carbonyl (C=O) groups is 1. The number of nitrogens with zero attached hydrogens (tertiary/aromatic N) is 1. The molecule has 1 atom stereocenters. The van der Waals surface area contributed by atoms with Crippen LogP contribution in [0.2, 0.25) is 0 Å². The normalized spacial score (nSPS) is 17.0. The van der Waals surface area contributed by atoms with Crippen molar-refractivity contribution in [1.82, 2.24) is 10.6 Å². The van der Waals surface area contributed by atoms with Gasteiger partial charge >= 0.3 is 0 Å². The topological polar surface area (TPSA) is 84.0 Å². The van der Waals surface area contributed by atoms with E-state index < -0.39 is 0 Å². The number of amides is 1. The molecule has 28 heavy (non-hydrogen) atoms. The fourth-order valence-corrected chi connectivity index (χ4v) is 2.64. The summed E-state index contributed by atoms with van der Waals surface area (Å²) in [6.07, 6.45) is 1.39. The quantitative estimate of drug-likeness (QED) is 0.288. The Bertz CT molecular complexity index is 646. The van der Waals surface area contributed by atoms with Crippen LogP contribution in [-0.4, -0.2) is 50.4 Å². The van der Waals surface area contributed by atoms with Crippen LogP contribution in [0.25, 0.3) is 0 Å². The third-order valence-corrected chi connectivity index (χ3v) is 4.41. The van der Waals surface area contributed by atoms with E-state index in [0.29, 0.717) is 19.7 Å². The highest BCUT2D eigenvalue weighted by atomic mass is 127. The molecule has 1 aromatic rings. The lowest BCUT2D eigenvalue weighted by Crippen LogP contribution is -2.45. The molecule has 1 saturated heterocycles. The van der Waals surface area contributed by atoms with E-state index in [4.69, 9.17) is 9.47 Å². The van der Waals surface area contributed by atoms with Crippen molar-refractivity contribution in [2.75, 3.05) is 32.1 Å². The number of rotatable bonds is 8. The average Bonchev–Trinajstić information content (AvgIpc) is 3.19. The van der Waals surface area contributed by atoms with Gasteiger partial charge in [-0.3, -0.25) is 4.79 Å². The predicted octanol–water partition coefficient (Wildman–Crippen LogP) is 2.90. The van der Waals surface area contributed by atoms with Crippen LogP contribution < -0.4 is 16.0 Å². The second-order valence-electron chi connectivity index (χ2n) is 7.20. The van der Waals surface area contributed by atoms with Gasteiger partial charge in [-0.1, -0.05) is 12.1 Å². The summed E-state index contributed by atoms with van der Waals surface area (Å²) in [4.78, 5) is 16.8. The third kappa shape index (κ3) is 8.32. The van der Waals surface area contributed by atoms with E-state index in [-0.39, 0.29) is 41.6 Å². The van der Waals surface area contributed by atoms with Gasteiger partial charge in [-0.05, 0) is 51.3 Å². The molecule has 2 rings (SSSR count). The summed E-state index contributed by atoms with van der Waals surface area (Å²) in [6, 6.07) is 7.74. The molecule has 1 fully saturated rings. The fraction of sp³-hybridized carbons (Fsp3) is 0.600.